The van der Waals surface area contributed by atoms with Gasteiger partial charge in [-0.3, -0.25) is 4.79 Å². The third-order valence-electron chi connectivity index (χ3n) is 4.88. The summed E-state index contributed by atoms with van der Waals surface area (Å²) in [4.78, 5) is 18.8. The molecule has 138 valence electrons. The Hall–Kier alpha value is -1.98. The smallest absolute Gasteiger partial charge is 0.305 e. The summed E-state index contributed by atoms with van der Waals surface area (Å²) >= 11 is 1.80. The lowest BCUT2D eigenvalue weighted by molar-refractivity contribution is -0.140. The summed E-state index contributed by atoms with van der Waals surface area (Å²) in [6.45, 7) is 3.13. The maximum absolute atomic E-state index is 11.7. The Labute approximate surface area is 160 Å². The van der Waals surface area contributed by atoms with Crippen LogP contribution in [0.1, 0.15) is 18.9 Å². The van der Waals surface area contributed by atoms with E-state index in [0.29, 0.717) is 18.9 Å². The van der Waals surface area contributed by atoms with Gasteiger partial charge in [-0.15, -0.1) is 0 Å². The molecule has 0 radical (unpaired) electrons. The van der Waals surface area contributed by atoms with E-state index in [2.05, 4.69) is 73.3 Å². The Bertz CT molecular complexity index is 791. The van der Waals surface area contributed by atoms with Crippen molar-refractivity contribution in [2.45, 2.75) is 35.6 Å². The lowest BCUT2D eigenvalue weighted by atomic mass is 10.0. The maximum Gasteiger partial charge on any atom is 0.305 e. The molecule has 1 aliphatic rings. The van der Waals surface area contributed by atoms with Crippen molar-refractivity contribution in [2.24, 2.45) is 0 Å². The van der Waals surface area contributed by atoms with Crippen LogP contribution in [-0.2, 0) is 16.0 Å². The first-order valence-corrected chi connectivity index (χ1v) is 9.72. The lowest BCUT2D eigenvalue weighted by Gasteiger charge is -2.37. The second-order valence-electron chi connectivity index (χ2n) is 6.83. The van der Waals surface area contributed by atoms with Crippen LogP contribution in [0.5, 0.6) is 0 Å². The number of aryl methyl sites for hydroxylation is 1. The Balaban J connectivity index is 2.01. The monoisotopic (exact) mass is 370 g/mol. The number of carbonyl (C=O) groups is 1. The van der Waals surface area contributed by atoms with E-state index in [4.69, 9.17) is 4.74 Å². The van der Waals surface area contributed by atoms with Crippen LogP contribution < -0.4 is 4.90 Å². The predicted octanol–water partition coefficient (Wildman–Crippen LogP) is 4.35. The summed E-state index contributed by atoms with van der Waals surface area (Å²) in [6.07, 6.45) is 1.09. The number of anilines is 2. The summed E-state index contributed by atoms with van der Waals surface area (Å²) in [5.41, 5.74) is 3.67. The molecule has 0 fully saturated rings. The van der Waals surface area contributed by atoms with Crippen LogP contribution in [-0.4, -0.2) is 44.7 Å². The first-order valence-electron chi connectivity index (χ1n) is 8.90. The molecule has 4 nitrogen and oxygen atoms in total. The van der Waals surface area contributed by atoms with Crippen molar-refractivity contribution in [3.8, 4) is 0 Å². The van der Waals surface area contributed by atoms with Crippen LogP contribution in [0, 0.1) is 0 Å². The third-order valence-corrected chi connectivity index (χ3v) is 6.00. The number of methoxy groups -OCH3 is 1. The molecule has 0 spiro atoms. The molecule has 1 unspecified atom stereocenters. The van der Waals surface area contributed by atoms with Crippen molar-refractivity contribution >= 4 is 29.1 Å². The van der Waals surface area contributed by atoms with E-state index in [-0.39, 0.29) is 5.97 Å². The summed E-state index contributed by atoms with van der Waals surface area (Å²) in [6, 6.07) is 15.3. The van der Waals surface area contributed by atoms with E-state index >= 15 is 0 Å². The third kappa shape index (κ3) is 3.89. The Kier molecular flexibility index (Phi) is 5.89. The number of fused-ring (bicyclic) bond motifs is 2. The molecule has 0 amide bonds. The molecule has 3 rings (SSSR count). The highest BCUT2D eigenvalue weighted by molar-refractivity contribution is 7.99. The molecule has 1 heterocycles. The normalized spacial score (nSPS) is 14.0. The number of benzene rings is 2. The van der Waals surface area contributed by atoms with Gasteiger partial charge in [0, 0.05) is 28.8 Å². The van der Waals surface area contributed by atoms with Crippen LogP contribution in [0.15, 0.2) is 52.3 Å². The highest BCUT2D eigenvalue weighted by Crippen LogP contribution is 2.49. The van der Waals surface area contributed by atoms with Gasteiger partial charge in [-0.2, -0.15) is 0 Å². The Morgan fingerprint density at radius 2 is 1.88 bits per heavy atom. The fourth-order valence-electron chi connectivity index (χ4n) is 3.12. The average Bonchev–Trinajstić information content (AvgIpc) is 2.65. The minimum absolute atomic E-state index is 0.167. The minimum Gasteiger partial charge on any atom is -0.469 e. The van der Waals surface area contributed by atoms with Gasteiger partial charge >= 0.3 is 5.97 Å². The molecule has 0 bridgehead atoms. The fourth-order valence-corrected chi connectivity index (χ4v) is 4.27. The van der Waals surface area contributed by atoms with E-state index in [9.17, 15) is 4.79 Å². The number of carbonyl (C=O) groups excluding carboxylic acids is 1. The molecule has 0 N–H and O–H groups in total. The highest BCUT2D eigenvalue weighted by Gasteiger charge is 2.27. The number of nitrogens with zero attached hydrogens (tertiary/aromatic N) is 2. The number of hydrogen-bond acceptors (Lipinski definition) is 5. The van der Waals surface area contributed by atoms with Gasteiger partial charge in [0.1, 0.15) is 0 Å². The van der Waals surface area contributed by atoms with Gasteiger partial charge in [0.05, 0.1) is 18.5 Å². The molecule has 2 aromatic carbocycles. The van der Waals surface area contributed by atoms with Crippen LogP contribution in [0.3, 0.4) is 0 Å². The first-order chi connectivity index (χ1) is 12.5. The van der Waals surface area contributed by atoms with Crippen molar-refractivity contribution in [1.82, 2.24) is 4.90 Å². The predicted molar refractivity (Wildman–Crippen MR) is 107 cm³/mol. The quantitative estimate of drug-likeness (QED) is 0.706. The molecule has 0 saturated carbocycles. The van der Waals surface area contributed by atoms with E-state index in [1.165, 1.54) is 33.8 Å². The molecule has 26 heavy (non-hydrogen) atoms. The van der Waals surface area contributed by atoms with Crippen molar-refractivity contribution in [3.63, 3.8) is 0 Å². The summed E-state index contributed by atoms with van der Waals surface area (Å²) in [7, 11) is 5.67. The fraction of sp³-hybridized carbons (Fsp3) is 0.381. The number of esters is 1. The Morgan fingerprint density at radius 3 is 2.62 bits per heavy atom. The number of ether oxygens (including phenoxy) is 1. The van der Waals surface area contributed by atoms with Gasteiger partial charge in [0.2, 0.25) is 0 Å². The molecule has 0 aromatic heterocycles. The molecular weight excluding hydrogens is 344 g/mol. The highest BCUT2D eigenvalue weighted by atomic mass is 32.2. The number of hydrogen-bond donors (Lipinski definition) is 0. The SMILES string of the molecule is COC(=O)CCc1cccc2c1N(CC(C)N(C)C)c1ccccc1S2. The van der Waals surface area contributed by atoms with E-state index in [0.717, 1.165) is 6.54 Å². The summed E-state index contributed by atoms with van der Waals surface area (Å²) < 4.78 is 4.83. The van der Waals surface area contributed by atoms with Crippen molar-refractivity contribution in [3.05, 3.63) is 48.0 Å². The van der Waals surface area contributed by atoms with Crippen LogP contribution in [0.2, 0.25) is 0 Å². The second kappa shape index (κ2) is 8.14. The van der Waals surface area contributed by atoms with Gasteiger partial charge < -0.3 is 14.5 Å². The topological polar surface area (TPSA) is 32.8 Å². The molecule has 0 saturated heterocycles. The molecule has 1 atom stereocenters. The zero-order chi connectivity index (χ0) is 18.7. The number of rotatable bonds is 6. The van der Waals surface area contributed by atoms with Gasteiger partial charge in [0.25, 0.3) is 0 Å². The summed E-state index contributed by atoms with van der Waals surface area (Å²) in [5, 5.41) is 0. The zero-order valence-electron chi connectivity index (χ0n) is 15.9. The molecular formula is C21H26N2O2S. The lowest BCUT2D eigenvalue weighted by Crippen LogP contribution is -2.37. The van der Waals surface area contributed by atoms with Gasteiger partial charge in [-0.05, 0) is 51.2 Å². The summed E-state index contributed by atoms with van der Waals surface area (Å²) in [5.74, 6) is -0.167. The van der Waals surface area contributed by atoms with E-state index in [1.807, 2.05) is 0 Å². The van der Waals surface area contributed by atoms with Gasteiger partial charge in [0.15, 0.2) is 0 Å². The average molecular weight is 371 g/mol. The Morgan fingerprint density at radius 1 is 1.15 bits per heavy atom. The van der Waals surface area contributed by atoms with Crippen LogP contribution in [0.25, 0.3) is 0 Å². The first kappa shape index (κ1) is 18.8. The standard InChI is InChI=1S/C21H26N2O2S/c1-15(22(2)3)14-23-17-9-5-6-10-18(17)26-19-11-7-8-16(21(19)23)12-13-20(24)25-4/h5-11,15H,12-14H2,1-4H3. The minimum atomic E-state index is -0.167. The second-order valence-corrected chi connectivity index (χ2v) is 7.92. The molecule has 2 aromatic rings. The van der Waals surface area contributed by atoms with Crippen LogP contribution >= 0.6 is 11.8 Å². The van der Waals surface area contributed by atoms with Crippen molar-refractivity contribution < 1.29 is 9.53 Å². The van der Waals surface area contributed by atoms with Crippen molar-refractivity contribution in [1.29, 1.82) is 0 Å². The van der Waals surface area contributed by atoms with Gasteiger partial charge in [-0.1, -0.05) is 36.0 Å². The zero-order valence-corrected chi connectivity index (χ0v) is 16.7. The number of likely N-dealkylation sites (N-methyl/N-ethyl adjacent to an activating group) is 1. The van der Waals surface area contributed by atoms with Crippen LogP contribution in [0.4, 0.5) is 11.4 Å². The maximum atomic E-state index is 11.7. The molecule has 0 aliphatic carbocycles. The van der Waals surface area contributed by atoms with Gasteiger partial charge in [-0.25, -0.2) is 0 Å². The van der Waals surface area contributed by atoms with E-state index < -0.39 is 0 Å². The largest absolute Gasteiger partial charge is 0.469 e. The number of para-hydroxylation sites is 2. The van der Waals surface area contributed by atoms with Crippen molar-refractivity contribution in [2.75, 3.05) is 32.6 Å². The molecule has 5 heteroatoms. The van der Waals surface area contributed by atoms with E-state index in [1.54, 1.807) is 11.8 Å². The molecule has 1 aliphatic heterocycles.